The lowest BCUT2D eigenvalue weighted by Crippen LogP contribution is -2.35. The van der Waals surface area contributed by atoms with Gasteiger partial charge in [-0.2, -0.15) is 0 Å². The van der Waals surface area contributed by atoms with Crippen molar-refractivity contribution >= 4 is 0 Å². The first-order valence-electron chi connectivity index (χ1n) is 7.34. The molecule has 0 amide bonds. The molecule has 1 fully saturated rings. The number of nitrogens with zero attached hydrogens (tertiary/aromatic N) is 3. The zero-order valence-electron chi connectivity index (χ0n) is 12.1. The Hall–Kier alpha value is -1.96. The lowest BCUT2D eigenvalue weighted by molar-refractivity contribution is 0.0982. The highest BCUT2D eigenvalue weighted by Crippen LogP contribution is 2.16. The fourth-order valence-corrected chi connectivity index (χ4v) is 2.77. The molecular weight excluding hydrogens is 286 g/mol. The molecule has 2 N–H and O–H groups in total. The van der Waals surface area contributed by atoms with Gasteiger partial charge in [-0.05, 0) is 6.42 Å². The van der Waals surface area contributed by atoms with E-state index in [9.17, 15) is 15.0 Å². The molecule has 1 saturated heterocycles. The van der Waals surface area contributed by atoms with Crippen molar-refractivity contribution in [3.05, 3.63) is 40.9 Å². The number of aliphatic hydroxyl groups is 2. The topological polar surface area (TPSA) is 91.7 Å². The zero-order valence-corrected chi connectivity index (χ0v) is 12.1. The first-order valence-corrected chi connectivity index (χ1v) is 7.34. The standard InChI is InChI=1S/C15H19N3O4/c19-12-6-7-17(8-12)9-13(20)10-18-14(16-22-15(18)21)11-4-2-1-3-5-11/h1-5,12-13,19-20H,6-10H2. The molecule has 0 saturated carbocycles. The van der Waals surface area contributed by atoms with E-state index in [4.69, 9.17) is 4.52 Å². The van der Waals surface area contributed by atoms with Crippen LogP contribution in [0.5, 0.6) is 0 Å². The van der Waals surface area contributed by atoms with Crippen molar-refractivity contribution in [3.8, 4) is 11.4 Å². The molecule has 2 unspecified atom stereocenters. The van der Waals surface area contributed by atoms with E-state index in [-0.39, 0.29) is 12.6 Å². The van der Waals surface area contributed by atoms with E-state index in [2.05, 4.69) is 5.16 Å². The summed E-state index contributed by atoms with van der Waals surface area (Å²) in [6.45, 7) is 1.82. The third-order valence-electron chi connectivity index (χ3n) is 3.83. The maximum Gasteiger partial charge on any atom is 0.441 e. The van der Waals surface area contributed by atoms with E-state index < -0.39 is 11.9 Å². The molecule has 0 aliphatic carbocycles. The van der Waals surface area contributed by atoms with E-state index in [0.29, 0.717) is 18.9 Å². The molecule has 3 rings (SSSR count). The molecule has 22 heavy (non-hydrogen) atoms. The van der Waals surface area contributed by atoms with Crippen molar-refractivity contribution in [1.29, 1.82) is 0 Å². The van der Waals surface area contributed by atoms with Crippen LogP contribution < -0.4 is 5.76 Å². The number of aromatic nitrogens is 2. The summed E-state index contributed by atoms with van der Waals surface area (Å²) in [6, 6.07) is 9.23. The van der Waals surface area contributed by atoms with Crippen molar-refractivity contribution in [2.45, 2.75) is 25.2 Å². The van der Waals surface area contributed by atoms with E-state index in [1.807, 2.05) is 35.2 Å². The molecule has 1 aliphatic heterocycles. The number of β-amino-alcohol motifs (C(OH)–C–C–N with tert-alkyl or cyclic N) is 2. The van der Waals surface area contributed by atoms with Crippen LogP contribution in [0.4, 0.5) is 0 Å². The Labute approximate surface area is 127 Å². The van der Waals surface area contributed by atoms with Gasteiger partial charge in [0, 0.05) is 25.2 Å². The number of hydrogen-bond donors (Lipinski definition) is 2. The first kappa shape index (κ1) is 15.0. The van der Waals surface area contributed by atoms with Crippen LogP contribution >= 0.6 is 0 Å². The molecule has 0 spiro atoms. The van der Waals surface area contributed by atoms with Gasteiger partial charge >= 0.3 is 5.76 Å². The van der Waals surface area contributed by atoms with Crippen molar-refractivity contribution in [1.82, 2.24) is 14.6 Å². The summed E-state index contributed by atoms with van der Waals surface area (Å²) in [5.74, 6) is -0.175. The maximum absolute atomic E-state index is 11.8. The normalized spacial score (nSPS) is 20.4. The highest BCUT2D eigenvalue weighted by molar-refractivity contribution is 5.54. The van der Waals surface area contributed by atoms with Crippen molar-refractivity contribution in [3.63, 3.8) is 0 Å². The second kappa shape index (κ2) is 6.43. The Morgan fingerprint density at radius 1 is 1.32 bits per heavy atom. The highest BCUT2D eigenvalue weighted by Gasteiger charge is 2.23. The van der Waals surface area contributed by atoms with Crippen LogP contribution in [0, 0.1) is 0 Å². The third kappa shape index (κ3) is 3.27. The van der Waals surface area contributed by atoms with Gasteiger partial charge in [-0.25, -0.2) is 4.79 Å². The summed E-state index contributed by atoms with van der Waals surface area (Å²) in [4.78, 5) is 13.8. The molecule has 1 aromatic heterocycles. The van der Waals surface area contributed by atoms with Gasteiger partial charge in [-0.3, -0.25) is 14.0 Å². The Balaban J connectivity index is 1.72. The largest absolute Gasteiger partial charge is 0.441 e. The summed E-state index contributed by atoms with van der Waals surface area (Å²) in [7, 11) is 0. The van der Waals surface area contributed by atoms with Crippen LogP contribution in [-0.4, -0.2) is 56.7 Å². The molecule has 1 aliphatic rings. The Morgan fingerprint density at radius 3 is 2.77 bits per heavy atom. The van der Waals surface area contributed by atoms with Crippen LogP contribution in [0.2, 0.25) is 0 Å². The Morgan fingerprint density at radius 2 is 2.09 bits per heavy atom. The van der Waals surface area contributed by atoms with Gasteiger partial charge in [0.05, 0.1) is 18.8 Å². The minimum atomic E-state index is -0.732. The van der Waals surface area contributed by atoms with Gasteiger partial charge < -0.3 is 10.2 Å². The van der Waals surface area contributed by atoms with Crippen molar-refractivity contribution in [2.24, 2.45) is 0 Å². The molecule has 0 radical (unpaired) electrons. The molecule has 2 aromatic rings. The van der Waals surface area contributed by atoms with Gasteiger partial charge in [-0.15, -0.1) is 0 Å². The average Bonchev–Trinajstić information content (AvgIpc) is 3.07. The fraction of sp³-hybridized carbons (Fsp3) is 0.467. The maximum atomic E-state index is 11.8. The molecule has 7 nitrogen and oxygen atoms in total. The van der Waals surface area contributed by atoms with Gasteiger partial charge in [0.1, 0.15) is 0 Å². The van der Waals surface area contributed by atoms with E-state index in [1.54, 1.807) is 0 Å². The molecule has 118 valence electrons. The molecule has 0 bridgehead atoms. The predicted octanol–water partition coefficient (Wildman–Crippen LogP) is -0.0692. The van der Waals surface area contributed by atoms with Gasteiger partial charge in [0.25, 0.3) is 0 Å². The van der Waals surface area contributed by atoms with Crippen LogP contribution in [0.25, 0.3) is 11.4 Å². The summed E-state index contributed by atoms with van der Waals surface area (Å²) in [5.41, 5.74) is 0.761. The van der Waals surface area contributed by atoms with Crippen LogP contribution in [0.3, 0.4) is 0 Å². The molecule has 7 heteroatoms. The van der Waals surface area contributed by atoms with Gasteiger partial charge in [-0.1, -0.05) is 35.5 Å². The predicted molar refractivity (Wildman–Crippen MR) is 79.3 cm³/mol. The van der Waals surface area contributed by atoms with Crippen LogP contribution in [-0.2, 0) is 6.54 Å². The minimum Gasteiger partial charge on any atom is -0.392 e. The number of aliphatic hydroxyl groups excluding tert-OH is 2. The van der Waals surface area contributed by atoms with E-state index in [0.717, 1.165) is 18.5 Å². The second-order valence-electron chi connectivity index (χ2n) is 5.60. The molecule has 2 heterocycles. The lowest BCUT2D eigenvalue weighted by atomic mass is 10.2. The van der Waals surface area contributed by atoms with E-state index >= 15 is 0 Å². The second-order valence-corrected chi connectivity index (χ2v) is 5.60. The summed E-state index contributed by atoms with van der Waals surface area (Å²) >= 11 is 0. The summed E-state index contributed by atoms with van der Waals surface area (Å²) < 4.78 is 6.07. The number of hydrogen-bond acceptors (Lipinski definition) is 6. The zero-order chi connectivity index (χ0) is 15.5. The van der Waals surface area contributed by atoms with Crippen LogP contribution in [0.15, 0.2) is 39.6 Å². The quantitative estimate of drug-likeness (QED) is 0.803. The monoisotopic (exact) mass is 305 g/mol. The molecule has 1 aromatic carbocycles. The molecule has 2 atom stereocenters. The Bertz CT molecular complexity index is 667. The van der Waals surface area contributed by atoms with Gasteiger partial charge in [0.2, 0.25) is 0 Å². The lowest BCUT2D eigenvalue weighted by Gasteiger charge is -2.19. The SMILES string of the molecule is O=c1onc(-c2ccccc2)n1CC(O)CN1CCC(O)C1. The smallest absolute Gasteiger partial charge is 0.392 e. The van der Waals surface area contributed by atoms with Gasteiger partial charge in [0.15, 0.2) is 5.82 Å². The van der Waals surface area contributed by atoms with Crippen LogP contribution in [0.1, 0.15) is 6.42 Å². The Kier molecular flexibility index (Phi) is 4.37. The minimum absolute atomic E-state index is 0.110. The fourth-order valence-electron chi connectivity index (χ4n) is 2.77. The first-order chi connectivity index (χ1) is 10.6. The average molecular weight is 305 g/mol. The van der Waals surface area contributed by atoms with Crippen molar-refractivity contribution < 1.29 is 14.7 Å². The van der Waals surface area contributed by atoms with Crippen molar-refractivity contribution in [2.75, 3.05) is 19.6 Å². The summed E-state index contributed by atoms with van der Waals surface area (Å²) in [6.07, 6.45) is -0.342. The van der Waals surface area contributed by atoms with E-state index in [1.165, 1.54) is 4.57 Å². The highest BCUT2D eigenvalue weighted by atomic mass is 16.5. The number of likely N-dealkylation sites (tertiary alicyclic amines) is 1. The summed E-state index contributed by atoms with van der Waals surface area (Å²) in [5, 5.41) is 23.5. The number of rotatable bonds is 5. The number of benzene rings is 1. The third-order valence-corrected chi connectivity index (χ3v) is 3.83. The molecular formula is C15H19N3O4.